The molecule has 4 nitrogen and oxygen atoms in total. The second kappa shape index (κ2) is 6.54. The Bertz CT molecular complexity index is 582. The standard InChI is InChI=1S/C16H18FN3O/c17-15-4-2-1-3-13(15)11-18-14-5-6-16(19-12-14)20-7-9-21-10-8-20/h1-6,12,18H,7-11H2. The van der Waals surface area contributed by atoms with Gasteiger partial charge < -0.3 is 15.0 Å². The molecule has 0 atom stereocenters. The van der Waals surface area contributed by atoms with Gasteiger partial charge in [0, 0.05) is 25.2 Å². The van der Waals surface area contributed by atoms with Crippen LogP contribution in [0.25, 0.3) is 0 Å². The van der Waals surface area contributed by atoms with Gasteiger partial charge in [-0.2, -0.15) is 0 Å². The van der Waals surface area contributed by atoms with E-state index in [-0.39, 0.29) is 5.82 Å². The van der Waals surface area contributed by atoms with Crippen LogP contribution in [0.5, 0.6) is 0 Å². The summed E-state index contributed by atoms with van der Waals surface area (Å²) in [6.45, 7) is 3.68. The molecule has 0 radical (unpaired) electrons. The summed E-state index contributed by atoms with van der Waals surface area (Å²) in [6, 6.07) is 10.7. The van der Waals surface area contributed by atoms with Crippen molar-refractivity contribution in [3.8, 4) is 0 Å². The van der Waals surface area contributed by atoms with Crippen LogP contribution in [-0.2, 0) is 11.3 Å². The summed E-state index contributed by atoms with van der Waals surface area (Å²) >= 11 is 0. The minimum Gasteiger partial charge on any atom is -0.380 e. The van der Waals surface area contributed by atoms with Crippen LogP contribution in [-0.4, -0.2) is 31.3 Å². The molecule has 1 fully saturated rings. The Hall–Kier alpha value is -2.14. The molecule has 1 saturated heterocycles. The molecule has 1 N–H and O–H groups in total. The van der Waals surface area contributed by atoms with Crippen LogP contribution in [0.1, 0.15) is 5.56 Å². The quantitative estimate of drug-likeness (QED) is 0.938. The van der Waals surface area contributed by atoms with Crippen LogP contribution < -0.4 is 10.2 Å². The van der Waals surface area contributed by atoms with Gasteiger partial charge in [0.05, 0.1) is 25.1 Å². The van der Waals surface area contributed by atoms with Gasteiger partial charge in [-0.3, -0.25) is 0 Å². The lowest BCUT2D eigenvalue weighted by atomic mass is 10.2. The largest absolute Gasteiger partial charge is 0.380 e. The fourth-order valence-corrected chi connectivity index (χ4v) is 2.31. The Morgan fingerprint density at radius 2 is 1.95 bits per heavy atom. The van der Waals surface area contributed by atoms with Crippen LogP contribution in [0.3, 0.4) is 0 Å². The lowest BCUT2D eigenvalue weighted by Crippen LogP contribution is -2.36. The van der Waals surface area contributed by atoms with Crippen molar-refractivity contribution in [1.82, 2.24) is 4.98 Å². The topological polar surface area (TPSA) is 37.4 Å². The number of rotatable bonds is 4. The molecule has 0 spiro atoms. The summed E-state index contributed by atoms with van der Waals surface area (Å²) < 4.78 is 18.9. The first-order valence-corrected chi connectivity index (χ1v) is 7.09. The van der Waals surface area contributed by atoms with E-state index < -0.39 is 0 Å². The first-order valence-electron chi connectivity index (χ1n) is 7.09. The van der Waals surface area contributed by atoms with Crippen LogP contribution in [0, 0.1) is 5.82 Å². The Morgan fingerprint density at radius 3 is 2.67 bits per heavy atom. The van der Waals surface area contributed by atoms with Gasteiger partial charge in [-0.1, -0.05) is 18.2 Å². The van der Waals surface area contributed by atoms with Gasteiger partial charge in [0.25, 0.3) is 0 Å². The van der Waals surface area contributed by atoms with E-state index in [1.54, 1.807) is 18.3 Å². The molecule has 1 aliphatic rings. The summed E-state index contributed by atoms with van der Waals surface area (Å²) in [5.74, 6) is 0.762. The van der Waals surface area contributed by atoms with Crippen molar-refractivity contribution in [3.05, 3.63) is 54.0 Å². The van der Waals surface area contributed by atoms with Crippen LogP contribution in [0.2, 0.25) is 0 Å². The lowest BCUT2D eigenvalue weighted by Gasteiger charge is -2.27. The summed E-state index contributed by atoms with van der Waals surface area (Å²) in [4.78, 5) is 6.65. The molecule has 0 aliphatic carbocycles. The predicted octanol–water partition coefficient (Wildman–Crippen LogP) is 2.67. The highest BCUT2D eigenvalue weighted by molar-refractivity contribution is 5.49. The molecule has 0 unspecified atom stereocenters. The number of halogens is 1. The first kappa shape index (κ1) is 13.8. The number of nitrogens with one attached hydrogen (secondary N) is 1. The molecular formula is C16H18FN3O. The molecule has 1 aromatic heterocycles. The molecule has 0 bridgehead atoms. The van der Waals surface area contributed by atoms with Crippen molar-refractivity contribution in [2.45, 2.75) is 6.54 Å². The fraction of sp³-hybridized carbons (Fsp3) is 0.312. The third kappa shape index (κ3) is 3.49. The van der Waals surface area contributed by atoms with Crippen molar-refractivity contribution in [2.75, 3.05) is 36.5 Å². The molecule has 2 aromatic rings. The van der Waals surface area contributed by atoms with E-state index in [0.29, 0.717) is 12.1 Å². The van der Waals surface area contributed by atoms with Crippen molar-refractivity contribution in [1.29, 1.82) is 0 Å². The van der Waals surface area contributed by atoms with Gasteiger partial charge in [0.1, 0.15) is 11.6 Å². The van der Waals surface area contributed by atoms with E-state index in [0.717, 1.165) is 37.8 Å². The van der Waals surface area contributed by atoms with E-state index in [1.807, 2.05) is 18.2 Å². The van der Waals surface area contributed by atoms with Crippen molar-refractivity contribution in [2.24, 2.45) is 0 Å². The highest BCUT2D eigenvalue weighted by Gasteiger charge is 2.11. The third-order valence-corrected chi connectivity index (χ3v) is 3.52. The van der Waals surface area contributed by atoms with Gasteiger partial charge >= 0.3 is 0 Å². The second-order valence-corrected chi connectivity index (χ2v) is 4.95. The Labute approximate surface area is 123 Å². The summed E-state index contributed by atoms with van der Waals surface area (Å²) in [5, 5.41) is 3.19. The van der Waals surface area contributed by atoms with Crippen LogP contribution >= 0.6 is 0 Å². The van der Waals surface area contributed by atoms with Gasteiger partial charge in [0.2, 0.25) is 0 Å². The minimum atomic E-state index is -0.192. The average Bonchev–Trinajstić information content (AvgIpc) is 2.55. The van der Waals surface area contributed by atoms with Gasteiger partial charge in [-0.15, -0.1) is 0 Å². The van der Waals surface area contributed by atoms with E-state index in [1.165, 1.54) is 6.07 Å². The summed E-state index contributed by atoms with van der Waals surface area (Å²) in [5.41, 5.74) is 1.53. The van der Waals surface area contributed by atoms with Crippen molar-refractivity contribution >= 4 is 11.5 Å². The average molecular weight is 287 g/mol. The van der Waals surface area contributed by atoms with Gasteiger partial charge in [-0.25, -0.2) is 9.37 Å². The molecule has 21 heavy (non-hydrogen) atoms. The monoisotopic (exact) mass is 287 g/mol. The normalized spacial score (nSPS) is 15.0. The fourth-order valence-electron chi connectivity index (χ4n) is 2.31. The second-order valence-electron chi connectivity index (χ2n) is 4.95. The number of hydrogen-bond acceptors (Lipinski definition) is 4. The molecule has 2 heterocycles. The zero-order valence-electron chi connectivity index (χ0n) is 11.8. The number of nitrogens with zero attached hydrogens (tertiary/aromatic N) is 2. The number of benzene rings is 1. The third-order valence-electron chi connectivity index (χ3n) is 3.52. The van der Waals surface area contributed by atoms with Crippen molar-refractivity contribution < 1.29 is 9.13 Å². The first-order chi connectivity index (χ1) is 10.3. The number of morpholine rings is 1. The number of anilines is 2. The van der Waals surface area contributed by atoms with Gasteiger partial charge in [-0.05, 0) is 18.2 Å². The maximum Gasteiger partial charge on any atom is 0.128 e. The van der Waals surface area contributed by atoms with E-state index in [9.17, 15) is 4.39 Å². The Kier molecular flexibility index (Phi) is 4.31. The Balaban J connectivity index is 1.60. The highest BCUT2D eigenvalue weighted by atomic mass is 19.1. The highest BCUT2D eigenvalue weighted by Crippen LogP contribution is 2.16. The minimum absolute atomic E-state index is 0.192. The predicted molar refractivity (Wildman–Crippen MR) is 81.0 cm³/mol. The SMILES string of the molecule is Fc1ccccc1CNc1ccc(N2CCOCC2)nc1. The maximum atomic E-state index is 13.5. The molecule has 1 aromatic carbocycles. The zero-order valence-corrected chi connectivity index (χ0v) is 11.8. The molecule has 3 rings (SSSR count). The van der Waals surface area contributed by atoms with E-state index >= 15 is 0 Å². The van der Waals surface area contributed by atoms with Crippen LogP contribution in [0.15, 0.2) is 42.6 Å². The summed E-state index contributed by atoms with van der Waals surface area (Å²) in [6.07, 6.45) is 1.78. The number of aromatic nitrogens is 1. The van der Waals surface area contributed by atoms with Gasteiger partial charge in [0.15, 0.2) is 0 Å². The molecule has 5 heteroatoms. The van der Waals surface area contributed by atoms with E-state index in [2.05, 4.69) is 15.2 Å². The summed E-state index contributed by atoms with van der Waals surface area (Å²) in [7, 11) is 0. The molecule has 1 aliphatic heterocycles. The number of hydrogen-bond donors (Lipinski definition) is 1. The molecular weight excluding hydrogens is 269 g/mol. The van der Waals surface area contributed by atoms with Crippen molar-refractivity contribution in [3.63, 3.8) is 0 Å². The zero-order chi connectivity index (χ0) is 14.5. The number of ether oxygens (including phenoxy) is 1. The molecule has 0 saturated carbocycles. The van der Waals surface area contributed by atoms with E-state index in [4.69, 9.17) is 4.74 Å². The van der Waals surface area contributed by atoms with Crippen LogP contribution in [0.4, 0.5) is 15.9 Å². The molecule has 0 amide bonds. The smallest absolute Gasteiger partial charge is 0.128 e. The molecule has 110 valence electrons. The maximum absolute atomic E-state index is 13.5. The number of pyridine rings is 1. The lowest BCUT2D eigenvalue weighted by molar-refractivity contribution is 0.122. The Morgan fingerprint density at radius 1 is 1.14 bits per heavy atom.